The van der Waals surface area contributed by atoms with Gasteiger partial charge in [-0.3, -0.25) is 4.79 Å². The normalized spacial score (nSPS) is 8.40. The highest BCUT2D eigenvalue weighted by Gasteiger charge is 1.94. The van der Waals surface area contributed by atoms with Crippen LogP contribution in [0.1, 0.15) is 6.42 Å². The highest BCUT2D eigenvalue weighted by Crippen LogP contribution is 1.81. The summed E-state index contributed by atoms with van der Waals surface area (Å²) in [7, 11) is 0. The summed E-state index contributed by atoms with van der Waals surface area (Å²) < 4.78 is 0. The van der Waals surface area contributed by atoms with Gasteiger partial charge >= 0.3 is 5.97 Å². The van der Waals surface area contributed by atoms with Gasteiger partial charge in [0.2, 0.25) is 5.96 Å². The summed E-state index contributed by atoms with van der Waals surface area (Å²) >= 11 is 0. The van der Waals surface area contributed by atoms with E-state index in [0.29, 0.717) is 0 Å². The molecule has 0 aromatic rings. The van der Waals surface area contributed by atoms with E-state index in [-0.39, 0.29) is 19.0 Å². The van der Waals surface area contributed by atoms with Crippen molar-refractivity contribution < 1.29 is 14.7 Å². The summed E-state index contributed by atoms with van der Waals surface area (Å²) in [6, 6.07) is 0. The van der Waals surface area contributed by atoms with Crippen molar-refractivity contribution in [3.8, 4) is 0 Å². The van der Waals surface area contributed by atoms with Crippen LogP contribution >= 0.6 is 0 Å². The predicted molar refractivity (Wildman–Crippen MR) is 34.0 cm³/mol. The van der Waals surface area contributed by atoms with Crippen molar-refractivity contribution in [3.63, 3.8) is 0 Å². The minimum Gasteiger partial charge on any atom is -0.481 e. The lowest BCUT2D eigenvalue weighted by Gasteiger charge is -1.94. The van der Waals surface area contributed by atoms with Gasteiger partial charge in [-0.05, 0) is 5.16 Å². The number of oxime groups is 1. The lowest BCUT2D eigenvalue weighted by Crippen LogP contribution is -2.23. The molecule has 0 amide bonds. The SMILES string of the molecule is NC(N)=NOCCC(=O)O. The molecule has 0 aromatic carbocycles. The Labute approximate surface area is 57.4 Å². The van der Waals surface area contributed by atoms with Crippen molar-refractivity contribution in [3.05, 3.63) is 0 Å². The summed E-state index contributed by atoms with van der Waals surface area (Å²) in [5.41, 5.74) is 9.73. The minimum atomic E-state index is -0.953. The molecule has 5 N–H and O–H groups in total. The van der Waals surface area contributed by atoms with E-state index in [4.69, 9.17) is 16.6 Å². The Morgan fingerprint density at radius 3 is 2.60 bits per heavy atom. The van der Waals surface area contributed by atoms with Crippen molar-refractivity contribution in [2.24, 2.45) is 16.6 Å². The largest absolute Gasteiger partial charge is 0.481 e. The van der Waals surface area contributed by atoms with E-state index in [2.05, 4.69) is 9.99 Å². The number of hydrogen-bond acceptors (Lipinski definition) is 3. The molecule has 6 nitrogen and oxygen atoms in total. The zero-order valence-corrected chi connectivity index (χ0v) is 5.28. The Morgan fingerprint density at radius 1 is 1.60 bits per heavy atom. The van der Waals surface area contributed by atoms with Crippen LogP contribution in [-0.2, 0) is 9.63 Å². The first-order chi connectivity index (χ1) is 4.63. The van der Waals surface area contributed by atoms with E-state index in [1.807, 2.05) is 0 Å². The van der Waals surface area contributed by atoms with E-state index in [9.17, 15) is 4.79 Å². The summed E-state index contributed by atoms with van der Waals surface area (Å²) in [4.78, 5) is 14.2. The Hall–Kier alpha value is -1.46. The lowest BCUT2D eigenvalue weighted by molar-refractivity contribution is -0.138. The third-order valence-electron chi connectivity index (χ3n) is 0.577. The maximum Gasteiger partial charge on any atom is 0.306 e. The summed E-state index contributed by atoms with van der Waals surface area (Å²) in [6.45, 7) is -0.0206. The Kier molecular flexibility index (Phi) is 3.78. The monoisotopic (exact) mass is 147 g/mol. The molecule has 0 spiro atoms. The molecule has 0 bridgehead atoms. The fourth-order valence-electron chi connectivity index (χ4n) is 0.253. The first-order valence-electron chi connectivity index (χ1n) is 2.55. The van der Waals surface area contributed by atoms with Crippen LogP contribution in [0.3, 0.4) is 0 Å². The average Bonchev–Trinajstić information content (AvgIpc) is 1.79. The number of rotatable bonds is 4. The molecule has 0 radical (unpaired) electrons. The zero-order valence-electron chi connectivity index (χ0n) is 5.28. The molecule has 0 heterocycles. The Balaban J connectivity index is 3.21. The predicted octanol–water partition coefficient (Wildman–Crippen LogP) is -1.33. The van der Waals surface area contributed by atoms with Crippen LogP contribution in [0.25, 0.3) is 0 Å². The maximum atomic E-state index is 9.85. The third kappa shape index (κ3) is 6.54. The molecule has 0 unspecified atom stereocenters. The molecule has 0 aliphatic heterocycles. The van der Waals surface area contributed by atoms with Crippen LogP contribution in [-0.4, -0.2) is 23.6 Å². The number of nitrogens with zero attached hydrogens (tertiary/aromatic N) is 1. The quantitative estimate of drug-likeness (QED) is 0.197. The fourth-order valence-corrected chi connectivity index (χ4v) is 0.253. The van der Waals surface area contributed by atoms with Gasteiger partial charge in [0.25, 0.3) is 0 Å². The Morgan fingerprint density at radius 2 is 2.20 bits per heavy atom. The molecule has 0 aliphatic carbocycles. The molecule has 58 valence electrons. The number of carboxylic acid groups (broad SMARTS) is 1. The smallest absolute Gasteiger partial charge is 0.306 e. The van der Waals surface area contributed by atoms with E-state index in [0.717, 1.165) is 0 Å². The number of hydrogen-bond donors (Lipinski definition) is 3. The number of carbonyl (C=O) groups is 1. The summed E-state index contributed by atoms with van der Waals surface area (Å²) in [5, 5.41) is 11.2. The lowest BCUT2D eigenvalue weighted by atomic mass is 10.5. The van der Waals surface area contributed by atoms with Gasteiger partial charge in [0, 0.05) is 0 Å². The minimum absolute atomic E-state index is 0.0206. The van der Waals surface area contributed by atoms with Crippen molar-refractivity contribution >= 4 is 11.9 Å². The van der Waals surface area contributed by atoms with Crippen molar-refractivity contribution in [2.45, 2.75) is 6.42 Å². The first-order valence-corrected chi connectivity index (χ1v) is 2.55. The van der Waals surface area contributed by atoms with Crippen LogP contribution in [0.4, 0.5) is 0 Å². The standard InChI is InChI=1S/C4H9N3O3/c5-4(6)7-10-2-1-3(8)9/h1-2H2,(H,8,9)(H4,5,6,7). The van der Waals surface area contributed by atoms with E-state index < -0.39 is 5.97 Å². The van der Waals surface area contributed by atoms with Crippen molar-refractivity contribution in [1.82, 2.24) is 0 Å². The van der Waals surface area contributed by atoms with Gasteiger partial charge in [-0.15, -0.1) is 0 Å². The second-order valence-corrected chi connectivity index (χ2v) is 1.49. The molecule has 0 fully saturated rings. The molecule has 0 aromatic heterocycles. The molecule has 10 heavy (non-hydrogen) atoms. The zero-order chi connectivity index (χ0) is 7.98. The van der Waals surface area contributed by atoms with E-state index >= 15 is 0 Å². The van der Waals surface area contributed by atoms with Gasteiger partial charge in [0.05, 0.1) is 6.42 Å². The van der Waals surface area contributed by atoms with Gasteiger partial charge < -0.3 is 21.4 Å². The molecule has 0 saturated heterocycles. The molecule has 0 atom stereocenters. The molecule has 0 rings (SSSR count). The number of carboxylic acids is 1. The highest BCUT2D eigenvalue weighted by atomic mass is 16.6. The van der Waals surface area contributed by atoms with Crippen LogP contribution in [0, 0.1) is 0 Å². The van der Waals surface area contributed by atoms with Gasteiger partial charge in [0.15, 0.2) is 0 Å². The Bertz CT molecular complexity index is 141. The summed E-state index contributed by atoms with van der Waals surface area (Å²) in [6.07, 6.45) is -0.114. The van der Waals surface area contributed by atoms with Crippen LogP contribution in [0.15, 0.2) is 5.16 Å². The molecular weight excluding hydrogens is 138 g/mol. The van der Waals surface area contributed by atoms with Crippen molar-refractivity contribution in [2.75, 3.05) is 6.61 Å². The number of aliphatic carboxylic acids is 1. The second kappa shape index (κ2) is 4.42. The fraction of sp³-hybridized carbons (Fsp3) is 0.500. The molecule has 0 aliphatic rings. The maximum absolute atomic E-state index is 9.85. The molecule has 6 heteroatoms. The highest BCUT2D eigenvalue weighted by molar-refractivity contribution is 5.74. The van der Waals surface area contributed by atoms with Crippen LogP contribution < -0.4 is 11.5 Å². The van der Waals surface area contributed by atoms with Crippen LogP contribution in [0.5, 0.6) is 0 Å². The first kappa shape index (κ1) is 8.54. The van der Waals surface area contributed by atoms with E-state index in [1.54, 1.807) is 0 Å². The van der Waals surface area contributed by atoms with Crippen molar-refractivity contribution in [1.29, 1.82) is 0 Å². The van der Waals surface area contributed by atoms with Gasteiger partial charge in [0.1, 0.15) is 6.61 Å². The number of guanidine groups is 1. The second-order valence-electron chi connectivity index (χ2n) is 1.49. The number of nitrogens with two attached hydrogens (primary N) is 2. The van der Waals surface area contributed by atoms with Gasteiger partial charge in [-0.1, -0.05) is 0 Å². The third-order valence-corrected chi connectivity index (χ3v) is 0.577. The topological polar surface area (TPSA) is 111 Å². The van der Waals surface area contributed by atoms with Gasteiger partial charge in [-0.2, -0.15) is 0 Å². The van der Waals surface area contributed by atoms with Gasteiger partial charge in [-0.25, -0.2) is 0 Å². The molecule has 0 saturated carbocycles. The average molecular weight is 147 g/mol. The van der Waals surface area contributed by atoms with E-state index in [1.165, 1.54) is 0 Å². The van der Waals surface area contributed by atoms with Crippen LogP contribution in [0.2, 0.25) is 0 Å². The summed E-state index contributed by atoms with van der Waals surface area (Å²) in [5.74, 6) is -1.17. The molecular formula is C4H9N3O3.